The van der Waals surface area contributed by atoms with Crippen LogP contribution in [0.3, 0.4) is 0 Å². The first-order valence-corrected chi connectivity index (χ1v) is 7.18. The van der Waals surface area contributed by atoms with Crippen LogP contribution in [0, 0.1) is 0 Å². The highest BCUT2D eigenvalue weighted by Crippen LogP contribution is 2.21. The second-order valence-corrected chi connectivity index (χ2v) is 5.49. The molecule has 0 bridgehead atoms. The van der Waals surface area contributed by atoms with Crippen LogP contribution in [-0.2, 0) is 6.54 Å². The Labute approximate surface area is 117 Å². The van der Waals surface area contributed by atoms with Crippen LogP contribution in [-0.4, -0.2) is 9.97 Å². The smallest absolute Gasteiger partial charge is 0.184 e. The quantitative estimate of drug-likeness (QED) is 0.790. The molecule has 0 spiro atoms. The molecule has 1 aromatic carbocycles. The first kappa shape index (κ1) is 11.6. The van der Waals surface area contributed by atoms with Crippen molar-refractivity contribution in [2.45, 2.75) is 6.54 Å². The number of halogens is 1. The summed E-state index contributed by atoms with van der Waals surface area (Å²) in [4.78, 5) is 8.74. The van der Waals surface area contributed by atoms with Gasteiger partial charge in [0, 0.05) is 23.5 Å². The Kier molecular flexibility index (Phi) is 3.25. The molecule has 2 aromatic heterocycles. The molecule has 0 radical (unpaired) electrons. The van der Waals surface area contributed by atoms with Gasteiger partial charge in [-0.3, -0.25) is 4.98 Å². The number of nitrogens with one attached hydrogen (secondary N) is 1. The molecule has 0 atom stereocenters. The molecule has 0 saturated heterocycles. The fourth-order valence-corrected chi connectivity index (χ4v) is 2.96. The third-order valence-electron chi connectivity index (χ3n) is 2.62. The van der Waals surface area contributed by atoms with E-state index in [0.717, 1.165) is 27.2 Å². The molecule has 0 aliphatic carbocycles. The lowest BCUT2D eigenvalue weighted by molar-refractivity contribution is 1.13. The number of para-hydroxylation sites is 1. The highest BCUT2D eigenvalue weighted by atomic mass is 79.9. The number of thiazole rings is 1. The minimum Gasteiger partial charge on any atom is -0.357 e. The molecule has 0 aliphatic heterocycles. The van der Waals surface area contributed by atoms with Gasteiger partial charge in [0.2, 0.25) is 0 Å². The fraction of sp³-hybridized carbons (Fsp3) is 0.0769. The fourth-order valence-electron chi connectivity index (χ4n) is 1.82. The highest BCUT2D eigenvalue weighted by Gasteiger charge is 2.03. The summed E-state index contributed by atoms with van der Waals surface area (Å²) in [5.74, 6) is 0. The Morgan fingerprint density at radius 3 is 2.94 bits per heavy atom. The summed E-state index contributed by atoms with van der Waals surface area (Å²) in [6.07, 6.45) is 1.83. The molecular formula is C13H10BrN3S. The van der Waals surface area contributed by atoms with Crippen molar-refractivity contribution in [3.63, 3.8) is 0 Å². The third-order valence-corrected chi connectivity index (χ3v) is 4.13. The maximum absolute atomic E-state index is 4.43. The largest absolute Gasteiger partial charge is 0.357 e. The Bertz CT molecular complexity index is 675. The lowest BCUT2D eigenvalue weighted by Crippen LogP contribution is -2.00. The SMILES string of the molecule is Brc1csc(NCc2cccc3cccnc23)n1. The zero-order chi connectivity index (χ0) is 12.4. The minimum atomic E-state index is 0.730. The number of pyridine rings is 1. The molecule has 90 valence electrons. The van der Waals surface area contributed by atoms with Crippen LogP contribution in [0.4, 0.5) is 5.13 Å². The number of hydrogen-bond acceptors (Lipinski definition) is 4. The standard InChI is InChI=1S/C13H10BrN3S/c14-11-8-18-13(17-11)16-7-10-4-1-3-9-5-2-6-15-12(9)10/h1-6,8H,7H2,(H,16,17). The van der Waals surface area contributed by atoms with Crippen molar-refractivity contribution in [1.29, 1.82) is 0 Å². The molecule has 0 unspecified atom stereocenters. The molecule has 18 heavy (non-hydrogen) atoms. The zero-order valence-electron chi connectivity index (χ0n) is 9.43. The molecule has 3 nitrogen and oxygen atoms in total. The summed E-state index contributed by atoms with van der Waals surface area (Å²) < 4.78 is 0.867. The minimum absolute atomic E-state index is 0.730. The van der Waals surface area contributed by atoms with E-state index in [1.54, 1.807) is 11.3 Å². The van der Waals surface area contributed by atoms with Crippen LogP contribution in [0.1, 0.15) is 5.56 Å². The van der Waals surface area contributed by atoms with Gasteiger partial charge in [-0.15, -0.1) is 11.3 Å². The maximum Gasteiger partial charge on any atom is 0.184 e. The van der Waals surface area contributed by atoms with E-state index in [-0.39, 0.29) is 0 Å². The molecule has 5 heteroatoms. The van der Waals surface area contributed by atoms with Crippen molar-refractivity contribution in [3.05, 3.63) is 52.1 Å². The average Bonchev–Trinajstić information content (AvgIpc) is 2.82. The second kappa shape index (κ2) is 5.04. The summed E-state index contributed by atoms with van der Waals surface area (Å²) in [6.45, 7) is 0.730. The lowest BCUT2D eigenvalue weighted by Gasteiger charge is -2.06. The van der Waals surface area contributed by atoms with E-state index >= 15 is 0 Å². The van der Waals surface area contributed by atoms with Crippen LogP contribution in [0.25, 0.3) is 10.9 Å². The number of rotatable bonds is 3. The van der Waals surface area contributed by atoms with Gasteiger partial charge in [-0.05, 0) is 27.6 Å². The average molecular weight is 320 g/mol. The van der Waals surface area contributed by atoms with Crippen LogP contribution < -0.4 is 5.32 Å². The van der Waals surface area contributed by atoms with Gasteiger partial charge < -0.3 is 5.32 Å². The summed E-state index contributed by atoms with van der Waals surface area (Å²) in [7, 11) is 0. The lowest BCUT2D eigenvalue weighted by atomic mass is 10.1. The van der Waals surface area contributed by atoms with Crippen LogP contribution >= 0.6 is 27.3 Å². The number of fused-ring (bicyclic) bond motifs is 1. The predicted octanol–water partition coefficient (Wildman–Crippen LogP) is 4.07. The molecule has 0 amide bonds. The molecule has 0 fully saturated rings. The number of benzene rings is 1. The van der Waals surface area contributed by atoms with Crippen molar-refractivity contribution in [1.82, 2.24) is 9.97 Å². The maximum atomic E-state index is 4.43. The summed E-state index contributed by atoms with van der Waals surface area (Å²) >= 11 is 4.93. The topological polar surface area (TPSA) is 37.8 Å². The first-order valence-electron chi connectivity index (χ1n) is 5.50. The molecule has 3 aromatic rings. The van der Waals surface area contributed by atoms with E-state index in [1.807, 2.05) is 17.6 Å². The number of nitrogens with zero attached hydrogens (tertiary/aromatic N) is 2. The molecule has 3 rings (SSSR count). The van der Waals surface area contributed by atoms with Gasteiger partial charge in [-0.2, -0.15) is 0 Å². The Hall–Kier alpha value is -1.46. The number of aromatic nitrogens is 2. The Morgan fingerprint density at radius 2 is 2.11 bits per heavy atom. The molecular weight excluding hydrogens is 310 g/mol. The Balaban J connectivity index is 1.86. The molecule has 1 N–H and O–H groups in total. The van der Waals surface area contributed by atoms with E-state index < -0.39 is 0 Å². The van der Waals surface area contributed by atoms with Gasteiger partial charge >= 0.3 is 0 Å². The predicted molar refractivity (Wildman–Crippen MR) is 78.9 cm³/mol. The van der Waals surface area contributed by atoms with Crippen molar-refractivity contribution >= 4 is 43.3 Å². The van der Waals surface area contributed by atoms with Crippen molar-refractivity contribution in [2.75, 3.05) is 5.32 Å². The van der Waals surface area contributed by atoms with E-state index in [2.05, 4.69) is 55.5 Å². The molecule has 0 aliphatic rings. The van der Waals surface area contributed by atoms with Crippen LogP contribution in [0.15, 0.2) is 46.5 Å². The first-order chi connectivity index (χ1) is 8.83. The van der Waals surface area contributed by atoms with E-state index in [1.165, 1.54) is 5.56 Å². The van der Waals surface area contributed by atoms with Crippen LogP contribution in [0.2, 0.25) is 0 Å². The van der Waals surface area contributed by atoms with Gasteiger partial charge in [0.1, 0.15) is 4.60 Å². The summed E-state index contributed by atoms with van der Waals surface area (Å²) in [6, 6.07) is 10.2. The van der Waals surface area contributed by atoms with E-state index in [0.29, 0.717) is 0 Å². The summed E-state index contributed by atoms with van der Waals surface area (Å²) in [5.41, 5.74) is 2.22. The van der Waals surface area contributed by atoms with Gasteiger partial charge in [0.05, 0.1) is 5.52 Å². The second-order valence-electron chi connectivity index (χ2n) is 3.82. The number of hydrogen-bond donors (Lipinski definition) is 1. The highest BCUT2D eigenvalue weighted by molar-refractivity contribution is 9.10. The van der Waals surface area contributed by atoms with Gasteiger partial charge in [-0.25, -0.2) is 4.98 Å². The molecule has 0 saturated carbocycles. The van der Waals surface area contributed by atoms with Gasteiger partial charge in [0.15, 0.2) is 5.13 Å². The monoisotopic (exact) mass is 319 g/mol. The zero-order valence-corrected chi connectivity index (χ0v) is 11.8. The van der Waals surface area contributed by atoms with Gasteiger partial charge in [-0.1, -0.05) is 24.3 Å². The van der Waals surface area contributed by atoms with Crippen LogP contribution in [0.5, 0.6) is 0 Å². The van der Waals surface area contributed by atoms with E-state index in [4.69, 9.17) is 0 Å². The normalized spacial score (nSPS) is 10.7. The van der Waals surface area contributed by atoms with Crippen molar-refractivity contribution in [2.24, 2.45) is 0 Å². The van der Waals surface area contributed by atoms with E-state index in [9.17, 15) is 0 Å². The van der Waals surface area contributed by atoms with Crippen molar-refractivity contribution < 1.29 is 0 Å². The Morgan fingerprint density at radius 1 is 1.22 bits per heavy atom. The number of anilines is 1. The van der Waals surface area contributed by atoms with Gasteiger partial charge in [0.25, 0.3) is 0 Å². The molecule has 2 heterocycles. The third kappa shape index (κ3) is 2.37. The summed E-state index contributed by atoms with van der Waals surface area (Å²) in [5, 5.41) is 7.35. The van der Waals surface area contributed by atoms with Crippen molar-refractivity contribution in [3.8, 4) is 0 Å².